The van der Waals surface area contributed by atoms with Gasteiger partial charge in [-0.25, -0.2) is 0 Å². The van der Waals surface area contributed by atoms with Crippen molar-refractivity contribution >= 4 is 21.5 Å². The standard InChI is InChI=1S/C26H29NO.H2O4S/c1-4-25(21-11-7-5-8-12-21)26(22-13-9-6-10-14-22)23-15-17-24(18-16-23)28-20-19-27(2)3;1-5(2,3)4/h5-18H,4,19-20H2,1-3H3;(H2,1,2,3,4). The molecule has 0 aliphatic carbocycles. The van der Waals surface area contributed by atoms with E-state index in [1.54, 1.807) is 0 Å². The summed E-state index contributed by atoms with van der Waals surface area (Å²) in [6, 6.07) is 29.8. The molecule has 6 nitrogen and oxygen atoms in total. The third-order valence-electron chi connectivity index (χ3n) is 4.79. The van der Waals surface area contributed by atoms with Crippen molar-refractivity contribution in [2.24, 2.45) is 0 Å². The molecule has 7 heteroatoms. The smallest absolute Gasteiger partial charge is 0.394 e. The molecule has 0 saturated carbocycles. The SMILES string of the molecule is CCC(=C(c1ccccc1)c1ccc(OCCN(C)C)cc1)c1ccccc1.O=S(=O)(O)O. The lowest BCUT2D eigenvalue weighted by molar-refractivity contribution is 0.261. The van der Waals surface area contributed by atoms with Gasteiger partial charge in [0.1, 0.15) is 12.4 Å². The highest BCUT2D eigenvalue weighted by molar-refractivity contribution is 7.79. The van der Waals surface area contributed by atoms with Gasteiger partial charge in [-0.05, 0) is 60.5 Å². The van der Waals surface area contributed by atoms with Crippen LogP contribution in [-0.4, -0.2) is 49.7 Å². The Bertz CT molecular complexity index is 1100. The van der Waals surface area contributed by atoms with Crippen LogP contribution in [0.25, 0.3) is 11.1 Å². The summed E-state index contributed by atoms with van der Waals surface area (Å²) in [5, 5.41) is 0. The van der Waals surface area contributed by atoms with Crippen LogP contribution in [0.3, 0.4) is 0 Å². The van der Waals surface area contributed by atoms with Gasteiger partial charge in [-0.3, -0.25) is 9.11 Å². The molecule has 3 aromatic carbocycles. The molecule has 33 heavy (non-hydrogen) atoms. The lowest BCUT2D eigenvalue weighted by atomic mass is 9.88. The highest BCUT2D eigenvalue weighted by atomic mass is 32.3. The molecule has 0 unspecified atom stereocenters. The maximum atomic E-state index is 8.74. The second-order valence-electron chi connectivity index (χ2n) is 7.56. The Morgan fingerprint density at radius 1 is 0.788 bits per heavy atom. The van der Waals surface area contributed by atoms with Crippen LogP contribution in [-0.2, 0) is 10.4 Å². The van der Waals surface area contributed by atoms with Crippen molar-refractivity contribution in [3.05, 3.63) is 102 Å². The van der Waals surface area contributed by atoms with Gasteiger partial charge in [0.15, 0.2) is 0 Å². The first kappa shape index (κ1) is 26.3. The van der Waals surface area contributed by atoms with Crippen LogP contribution in [0.15, 0.2) is 84.9 Å². The number of hydrogen-bond donors (Lipinski definition) is 2. The van der Waals surface area contributed by atoms with Crippen molar-refractivity contribution in [3.8, 4) is 5.75 Å². The number of ether oxygens (including phenoxy) is 1. The number of allylic oxidation sites excluding steroid dienone is 1. The van der Waals surface area contributed by atoms with Crippen molar-refractivity contribution in [3.63, 3.8) is 0 Å². The lowest BCUT2D eigenvalue weighted by Crippen LogP contribution is -2.19. The molecule has 0 fully saturated rings. The van der Waals surface area contributed by atoms with E-state index < -0.39 is 10.4 Å². The zero-order chi connectivity index (χ0) is 24.3. The van der Waals surface area contributed by atoms with Crippen molar-refractivity contribution in [2.45, 2.75) is 13.3 Å². The zero-order valence-corrected chi connectivity index (χ0v) is 20.0. The number of nitrogens with zero attached hydrogens (tertiary/aromatic N) is 1. The Balaban J connectivity index is 0.000000696. The van der Waals surface area contributed by atoms with Gasteiger partial charge in [-0.15, -0.1) is 0 Å². The highest BCUT2D eigenvalue weighted by Gasteiger charge is 2.13. The van der Waals surface area contributed by atoms with Crippen molar-refractivity contribution < 1.29 is 22.3 Å². The summed E-state index contributed by atoms with van der Waals surface area (Å²) < 4.78 is 37.5. The maximum absolute atomic E-state index is 8.74. The van der Waals surface area contributed by atoms with Crippen LogP contribution in [0.2, 0.25) is 0 Å². The van der Waals surface area contributed by atoms with Gasteiger partial charge in [0.2, 0.25) is 0 Å². The quantitative estimate of drug-likeness (QED) is 0.342. The van der Waals surface area contributed by atoms with Crippen molar-refractivity contribution in [1.82, 2.24) is 4.90 Å². The second-order valence-corrected chi connectivity index (χ2v) is 8.46. The molecule has 0 spiro atoms. The molecule has 2 N–H and O–H groups in total. The summed E-state index contributed by atoms with van der Waals surface area (Å²) in [5.41, 5.74) is 6.37. The average Bonchev–Trinajstić information content (AvgIpc) is 2.78. The van der Waals surface area contributed by atoms with E-state index in [1.807, 2.05) is 0 Å². The number of rotatable bonds is 8. The summed E-state index contributed by atoms with van der Waals surface area (Å²) in [6.07, 6.45) is 0.968. The van der Waals surface area contributed by atoms with E-state index in [1.165, 1.54) is 27.8 Å². The van der Waals surface area contributed by atoms with E-state index in [2.05, 4.69) is 111 Å². The van der Waals surface area contributed by atoms with Crippen LogP contribution < -0.4 is 4.74 Å². The van der Waals surface area contributed by atoms with Crippen LogP contribution in [0, 0.1) is 0 Å². The van der Waals surface area contributed by atoms with E-state index in [-0.39, 0.29) is 0 Å². The minimum absolute atomic E-state index is 0.692. The van der Waals surface area contributed by atoms with Gasteiger partial charge in [0, 0.05) is 6.54 Å². The molecular weight excluding hydrogens is 438 g/mol. The maximum Gasteiger partial charge on any atom is 0.394 e. The van der Waals surface area contributed by atoms with Gasteiger partial charge in [0.05, 0.1) is 0 Å². The Morgan fingerprint density at radius 2 is 1.24 bits per heavy atom. The molecule has 176 valence electrons. The predicted molar refractivity (Wildman–Crippen MR) is 134 cm³/mol. The molecule has 0 aliphatic heterocycles. The monoisotopic (exact) mass is 469 g/mol. The summed E-state index contributed by atoms with van der Waals surface area (Å²) in [4.78, 5) is 2.12. The summed E-state index contributed by atoms with van der Waals surface area (Å²) in [6.45, 7) is 3.83. The topological polar surface area (TPSA) is 87.1 Å². The van der Waals surface area contributed by atoms with Crippen molar-refractivity contribution in [1.29, 1.82) is 0 Å². The molecule has 0 atom stereocenters. The predicted octanol–water partition coefficient (Wildman–Crippen LogP) is 5.34. The molecule has 0 aliphatic rings. The summed E-state index contributed by atoms with van der Waals surface area (Å²) in [7, 11) is -0.557. The fraction of sp³-hybridized carbons (Fsp3) is 0.231. The average molecular weight is 470 g/mol. The third-order valence-corrected chi connectivity index (χ3v) is 4.79. The molecule has 0 amide bonds. The first-order chi connectivity index (χ1) is 15.7. The van der Waals surface area contributed by atoms with Crippen LogP contribution in [0.1, 0.15) is 30.0 Å². The molecule has 3 rings (SSSR count). The Labute approximate surface area is 196 Å². The van der Waals surface area contributed by atoms with Crippen LogP contribution in [0.4, 0.5) is 0 Å². The van der Waals surface area contributed by atoms with Crippen molar-refractivity contribution in [2.75, 3.05) is 27.2 Å². The van der Waals surface area contributed by atoms with Gasteiger partial charge in [0.25, 0.3) is 0 Å². The van der Waals surface area contributed by atoms with Crippen LogP contribution >= 0.6 is 0 Å². The Hall–Kier alpha value is -2.97. The Morgan fingerprint density at radius 3 is 1.70 bits per heavy atom. The number of benzene rings is 3. The first-order valence-corrected chi connectivity index (χ1v) is 12.0. The largest absolute Gasteiger partial charge is 0.492 e. The number of likely N-dealkylation sites (N-methyl/N-ethyl adjacent to an activating group) is 1. The third kappa shape index (κ3) is 9.59. The Kier molecular flexibility index (Phi) is 10.3. The molecule has 0 saturated heterocycles. The molecule has 0 heterocycles. The van der Waals surface area contributed by atoms with E-state index in [9.17, 15) is 0 Å². The zero-order valence-electron chi connectivity index (χ0n) is 19.2. The fourth-order valence-corrected chi connectivity index (χ4v) is 3.35. The fourth-order valence-electron chi connectivity index (χ4n) is 3.35. The molecule has 3 aromatic rings. The second kappa shape index (κ2) is 12.9. The first-order valence-electron chi connectivity index (χ1n) is 10.6. The van der Waals surface area contributed by atoms with Crippen LogP contribution in [0.5, 0.6) is 5.75 Å². The van der Waals surface area contributed by atoms with Gasteiger partial charge < -0.3 is 9.64 Å². The molecule has 0 bridgehead atoms. The minimum Gasteiger partial charge on any atom is -0.492 e. The van der Waals surface area contributed by atoms with Gasteiger partial charge >= 0.3 is 10.4 Å². The van der Waals surface area contributed by atoms with Gasteiger partial charge in [-0.2, -0.15) is 8.42 Å². The molecule has 0 radical (unpaired) electrons. The lowest BCUT2D eigenvalue weighted by Gasteiger charge is -2.17. The number of hydrogen-bond acceptors (Lipinski definition) is 4. The molecular formula is C26H31NO5S. The summed E-state index contributed by atoms with van der Waals surface area (Å²) in [5.74, 6) is 0.913. The van der Waals surface area contributed by atoms with E-state index >= 15 is 0 Å². The van der Waals surface area contributed by atoms with E-state index in [0.717, 1.165) is 18.7 Å². The summed E-state index contributed by atoms with van der Waals surface area (Å²) >= 11 is 0. The minimum atomic E-state index is -4.67. The van der Waals surface area contributed by atoms with E-state index in [4.69, 9.17) is 22.3 Å². The van der Waals surface area contributed by atoms with E-state index in [0.29, 0.717) is 6.61 Å². The molecule has 0 aromatic heterocycles. The van der Waals surface area contributed by atoms with Gasteiger partial charge in [-0.1, -0.05) is 79.7 Å². The highest BCUT2D eigenvalue weighted by Crippen LogP contribution is 2.34. The normalized spacial score (nSPS) is 11.9.